The third kappa shape index (κ3) is 7.76. The molecule has 3 rings (SSSR count). The number of fused-ring (bicyclic) bond motifs is 1. The van der Waals surface area contributed by atoms with Crippen molar-refractivity contribution in [2.24, 2.45) is 0 Å². The highest BCUT2D eigenvalue weighted by molar-refractivity contribution is 6.42. The molecule has 10 heteroatoms. The summed E-state index contributed by atoms with van der Waals surface area (Å²) in [6.45, 7) is 2.71. The average Bonchev–Trinajstić information content (AvgIpc) is 2.85. The number of carboxylic acids is 2. The lowest BCUT2D eigenvalue weighted by Crippen LogP contribution is -2.43. The number of hydrogen-bond acceptors (Lipinski definition) is 6. The van der Waals surface area contributed by atoms with Crippen LogP contribution in [0.3, 0.4) is 0 Å². The summed E-state index contributed by atoms with van der Waals surface area (Å²) in [6.07, 6.45) is 1.41. The maximum absolute atomic E-state index is 13.1. The highest BCUT2D eigenvalue weighted by atomic mass is 35.5. The van der Waals surface area contributed by atoms with Gasteiger partial charge < -0.3 is 24.4 Å². The number of rotatable bonds is 14. The number of ether oxygens (including phenoxy) is 3. The van der Waals surface area contributed by atoms with Crippen LogP contribution in [0, 0.1) is 0 Å². The molecule has 0 saturated heterocycles. The van der Waals surface area contributed by atoms with E-state index in [1.165, 1.54) is 0 Å². The van der Waals surface area contributed by atoms with Gasteiger partial charge in [-0.3, -0.25) is 14.4 Å². The average molecular weight is 553 g/mol. The van der Waals surface area contributed by atoms with E-state index >= 15 is 0 Å². The van der Waals surface area contributed by atoms with Crippen molar-refractivity contribution in [1.29, 1.82) is 0 Å². The maximum atomic E-state index is 13.1. The van der Waals surface area contributed by atoms with Gasteiger partial charge in [-0.2, -0.15) is 0 Å². The van der Waals surface area contributed by atoms with Crippen molar-refractivity contribution in [3.8, 4) is 17.2 Å². The van der Waals surface area contributed by atoms with Gasteiger partial charge in [0.15, 0.2) is 5.78 Å². The number of carbonyl (C=O) groups is 3. The van der Waals surface area contributed by atoms with Crippen LogP contribution >= 0.6 is 23.2 Å². The van der Waals surface area contributed by atoms with E-state index in [2.05, 4.69) is 0 Å². The van der Waals surface area contributed by atoms with Crippen LogP contribution in [0.25, 0.3) is 0 Å². The van der Waals surface area contributed by atoms with Gasteiger partial charge in [0.05, 0.1) is 35.2 Å². The first kappa shape index (κ1) is 28.6. The summed E-state index contributed by atoms with van der Waals surface area (Å²) < 4.78 is 18.1. The van der Waals surface area contributed by atoms with E-state index in [0.29, 0.717) is 64.5 Å². The number of carbonyl (C=O) groups excluding carboxylic acids is 1. The number of carboxylic acid groups (broad SMARTS) is 2. The summed E-state index contributed by atoms with van der Waals surface area (Å²) >= 11 is 11.9. The van der Waals surface area contributed by atoms with Crippen LogP contribution in [0.15, 0.2) is 30.3 Å². The molecular formula is C27H30Cl2O8. The molecule has 37 heavy (non-hydrogen) atoms. The van der Waals surface area contributed by atoms with E-state index in [1.54, 1.807) is 30.3 Å². The second-order valence-corrected chi connectivity index (χ2v) is 9.78. The molecule has 0 aliphatic carbocycles. The molecule has 1 aliphatic heterocycles. The van der Waals surface area contributed by atoms with Crippen LogP contribution < -0.4 is 14.2 Å². The minimum Gasteiger partial charge on any atom is -0.493 e. The quantitative estimate of drug-likeness (QED) is 0.265. The van der Waals surface area contributed by atoms with Gasteiger partial charge in [-0.25, -0.2) is 0 Å². The molecule has 0 saturated carbocycles. The van der Waals surface area contributed by atoms with Crippen LogP contribution in [0.4, 0.5) is 0 Å². The molecule has 200 valence electrons. The van der Waals surface area contributed by atoms with Crippen molar-refractivity contribution in [2.75, 3.05) is 13.2 Å². The van der Waals surface area contributed by atoms with E-state index in [1.807, 2.05) is 6.92 Å². The van der Waals surface area contributed by atoms with Gasteiger partial charge in [0.25, 0.3) is 0 Å². The molecule has 0 amide bonds. The standard InChI is InChI=1S/C27H30Cl2O8/c1-2-4-19-23(36-14-3-13-35-17-5-7-20(28)21(29)15-17)8-6-18-22(30)16-27(37-26(18)19,11-9-24(31)32)12-10-25(33)34/h5-8,15H,2-4,9-14,16H2,1H3,(H,31,32)(H,33,34). The normalized spacial score (nSPS) is 14.0. The van der Waals surface area contributed by atoms with Crippen LogP contribution in [-0.2, 0) is 16.0 Å². The summed E-state index contributed by atoms with van der Waals surface area (Å²) in [5.41, 5.74) is -0.0798. The van der Waals surface area contributed by atoms with E-state index in [-0.39, 0.29) is 37.9 Å². The Morgan fingerprint density at radius 1 is 1.00 bits per heavy atom. The first-order valence-corrected chi connectivity index (χ1v) is 12.9. The summed E-state index contributed by atoms with van der Waals surface area (Å²) in [7, 11) is 0. The van der Waals surface area contributed by atoms with Gasteiger partial charge in [-0.15, -0.1) is 0 Å². The van der Waals surface area contributed by atoms with Crippen molar-refractivity contribution in [2.45, 2.75) is 63.9 Å². The number of ketones is 1. The number of hydrogen-bond donors (Lipinski definition) is 2. The zero-order valence-corrected chi connectivity index (χ0v) is 22.1. The molecule has 2 N–H and O–H groups in total. The molecule has 0 aromatic heterocycles. The monoisotopic (exact) mass is 552 g/mol. The molecule has 2 aromatic carbocycles. The lowest BCUT2D eigenvalue weighted by Gasteiger charge is -2.39. The maximum Gasteiger partial charge on any atom is 0.303 e. The van der Waals surface area contributed by atoms with Gasteiger partial charge >= 0.3 is 11.9 Å². The Balaban J connectivity index is 1.75. The molecule has 8 nitrogen and oxygen atoms in total. The van der Waals surface area contributed by atoms with Crippen molar-refractivity contribution in [1.82, 2.24) is 0 Å². The smallest absolute Gasteiger partial charge is 0.303 e. The number of halogens is 2. The lowest BCUT2D eigenvalue weighted by atomic mass is 9.82. The molecule has 2 aromatic rings. The van der Waals surface area contributed by atoms with Gasteiger partial charge in [-0.1, -0.05) is 36.5 Å². The predicted molar refractivity (Wildman–Crippen MR) is 139 cm³/mol. The van der Waals surface area contributed by atoms with Gasteiger partial charge in [-0.05, 0) is 43.5 Å². The number of aliphatic carboxylic acids is 2. The van der Waals surface area contributed by atoms with Crippen molar-refractivity contribution >= 4 is 40.9 Å². The Bertz CT molecular complexity index is 1130. The second-order valence-electron chi connectivity index (χ2n) is 8.97. The van der Waals surface area contributed by atoms with Gasteiger partial charge in [0, 0.05) is 30.9 Å². The summed E-state index contributed by atoms with van der Waals surface area (Å²) in [6, 6.07) is 8.42. The summed E-state index contributed by atoms with van der Waals surface area (Å²) in [5.74, 6) is -0.749. The molecule has 0 unspecified atom stereocenters. The molecular weight excluding hydrogens is 523 g/mol. The van der Waals surface area contributed by atoms with Gasteiger partial charge in [0.2, 0.25) is 0 Å². The Hall–Kier alpha value is -2.97. The van der Waals surface area contributed by atoms with Gasteiger partial charge in [0.1, 0.15) is 22.8 Å². The van der Waals surface area contributed by atoms with Crippen LogP contribution in [0.2, 0.25) is 10.0 Å². The van der Waals surface area contributed by atoms with E-state index < -0.39 is 17.5 Å². The van der Waals surface area contributed by atoms with E-state index in [0.717, 1.165) is 6.42 Å². The minimum absolute atomic E-state index is 0.0312. The highest BCUT2D eigenvalue weighted by Crippen LogP contribution is 2.44. The molecule has 0 atom stereocenters. The van der Waals surface area contributed by atoms with Crippen LogP contribution in [0.1, 0.15) is 67.8 Å². The van der Waals surface area contributed by atoms with E-state index in [4.69, 9.17) is 37.4 Å². The fraction of sp³-hybridized carbons (Fsp3) is 0.444. The van der Waals surface area contributed by atoms with Crippen molar-refractivity contribution in [3.05, 3.63) is 51.5 Å². The van der Waals surface area contributed by atoms with Crippen molar-refractivity contribution in [3.63, 3.8) is 0 Å². The fourth-order valence-electron chi connectivity index (χ4n) is 4.28. The Kier molecular flexibility index (Phi) is 10.1. The Morgan fingerprint density at radius 2 is 1.68 bits per heavy atom. The molecule has 0 radical (unpaired) electrons. The van der Waals surface area contributed by atoms with Crippen molar-refractivity contribution < 1.29 is 38.8 Å². The van der Waals surface area contributed by atoms with E-state index in [9.17, 15) is 24.6 Å². The minimum atomic E-state index is -1.20. The second kappa shape index (κ2) is 13.0. The molecule has 0 spiro atoms. The lowest BCUT2D eigenvalue weighted by molar-refractivity contribution is -0.139. The molecule has 0 fully saturated rings. The SMILES string of the molecule is CCCc1c(OCCCOc2ccc(Cl)c(Cl)c2)ccc2c1OC(CCC(=O)O)(CCC(=O)O)CC2=O. The predicted octanol–water partition coefficient (Wildman–Crippen LogP) is 6.23. The topological polar surface area (TPSA) is 119 Å². The largest absolute Gasteiger partial charge is 0.493 e. The Morgan fingerprint density at radius 3 is 2.30 bits per heavy atom. The first-order chi connectivity index (χ1) is 17.6. The highest BCUT2D eigenvalue weighted by Gasteiger charge is 2.42. The summed E-state index contributed by atoms with van der Waals surface area (Å²) in [4.78, 5) is 35.6. The third-order valence-electron chi connectivity index (χ3n) is 6.11. The number of Topliss-reactive ketones (excluding diaryl/α,β-unsaturated/α-hetero) is 1. The fourth-order valence-corrected chi connectivity index (χ4v) is 4.57. The summed E-state index contributed by atoms with van der Waals surface area (Å²) in [5, 5.41) is 19.3. The van der Waals surface area contributed by atoms with Crippen LogP contribution in [-0.4, -0.2) is 46.7 Å². The Labute approximate surface area is 225 Å². The third-order valence-corrected chi connectivity index (χ3v) is 6.85. The molecule has 1 heterocycles. The zero-order chi connectivity index (χ0) is 27.0. The molecule has 1 aliphatic rings. The van der Waals surface area contributed by atoms with Crippen LogP contribution in [0.5, 0.6) is 17.2 Å². The molecule has 0 bridgehead atoms. The number of benzene rings is 2. The zero-order valence-electron chi connectivity index (χ0n) is 20.6. The first-order valence-electron chi connectivity index (χ1n) is 12.2.